The Kier molecular flexibility index (Phi) is 6.51. The van der Waals surface area contributed by atoms with Gasteiger partial charge in [-0.2, -0.15) is 0 Å². The van der Waals surface area contributed by atoms with E-state index < -0.39 is 18.0 Å². The quantitative estimate of drug-likeness (QED) is 0.540. The van der Waals surface area contributed by atoms with Crippen LogP contribution in [0.2, 0.25) is 0 Å². The molecule has 4 rings (SSSR count). The van der Waals surface area contributed by atoms with Crippen LogP contribution in [0.15, 0.2) is 90.5 Å². The second kappa shape index (κ2) is 9.83. The number of amides is 2. The van der Waals surface area contributed by atoms with E-state index in [4.69, 9.17) is 9.47 Å². The number of urea groups is 1. The normalized spacial score (nSPS) is 15.5. The lowest BCUT2D eigenvalue weighted by Gasteiger charge is -2.30. The summed E-state index contributed by atoms with van der Waals surface area (Å²) in [5.41, 5.74) is 3.17. The molecule has 1 aliphatic heterocycles. The molecular formula is C26H24N2O4. The van der Waals surface area contributed by atoms with Crippen molar-refractivity contribution in [3.8, 4) is 5.75 Å². The summed E-state index contributed by atoms with van der Waals surface area (Å²) < 4.78 is 11.5. The number of para-hydroxylation sites is 1. The molecule has 0 bridgehead atoms. The molecule has 32 heavy (non-hydrogen) atoms. The summed E-state index contributed by atoms with van der Waals surface area (Å²) in [6.07, 6.45) is 0. The molecule has 3 aromatic rings. The molecular weight excluding hydrogens is 404 g/mol. The molecule has 0 spiro atoms. The van der Waals surface area contributed by atoms with Gasteiger partial charge in [0, 0.05) is 5.56 Å². The Morgan fingerprint density at radius 2 is 1.56 bits per heavy atom. The van der Waals surface area contributed by atoms with Crippen LogP contribution in [0.25, 0.3) is 5.70 Å². The lowest BCUT2D eigenvalue weighted by molar-refractivity contribution is -0.138. The average Bonchev–Trinajstić information content (AvgIpc) is 2.83. The molecule has 2 N–H and O–H groups in total. The van der Waals surface area contributed by atoms with Crippen LogP contribution in [-0.2, 0) is 16.1 Å². The Labute approximate surface area is 186 Å². The zero-order valence-electron chi connectivity index (χ0n) is 17.7. The van der Waals surface area contributed by atoms with Gasteiger partial charge in [-0.1, -0.05) is 78.9 Å². The number of hydrogen-bond acceptors (Lipinski definition) is 4. The highest BCUT2D eigenvalue weighted by molar-refractivity contribution is 6.04. The van der Waals surface area contributed by atoms with Gasteiger partial charge in [-0.15, -0.1) is 0 Å². The van der Waals surface area contributed by atoms with Crippen molar-refractivity contribution in [3.05, 3.63) is 107 Å². The van der Waals surface area contributed by atoms with Gasteiger partial charge in [0.05, 0.1) is 23.9 Å². The fraction of sp³-hybridized carbons (Fsp3) is 0.154. The van der Waals surface area contributed by atoms with Crippen molar-refractivity contribution in [2.45, 2.75) is 19.6 Å². The SMILES string of the molecule is CCOC(=O)C1=C(c2ccccc2)NC(=O)NC1c1ccccc1OCc1ccccc1. The Hall–Kier alpha value is -4.06. The van der Waals surface area contributed by atoms with E-state index in [0.717, 1.165) is 11.1 Å². The van der Waals surface area contributed by atoms with Crippen molar-refractivity contribution in [2.24, 2.45) is 0 Å². The van der Waals surface area contributed by atoms with E-state index in [2.05, 4.69) is 10.6 Å². The van der Waals surface area contributed by atoms with Crippen molar-refractivity contribution in [2.75, 3.05) is 6.61 Å². The maximum Gasteiger partial charge on any atom is 0.338 e. The van der Waals surface area contributed by atoms with E-state index in [1.807, 2.05) is 84.9 Å². The van der Waals surface area contributed by atoms with Crippen molar-refractivity contribution in [1.82, 2.24) is 10.6 Å². The highest BCUT2D eigenvalue weighted by Crippen LogP contribution is 2.36. The predicted molar refractivity (Wildman–Crippen MR) is 122 cm³/mol. The van der Waals surface area contributed by atoms with Crippen molar-refractivity contribution >= 4 is 17.7 Å². The number of hydrogen-bond donors (Lipinski definition) is 2. The zero-order valence-corrected chi connectivity index (χ0v) is 17.7. The third-order valence-corrected chi connectivity index (χ3v) is 5.10. The van der Waals surface area contributed by atoms with Gasteiger partial charge in [-0.3, -0.25) is 0 Å². The molecule has 1 heterocycles. The summed E-state index contributed by atoms with van der Waals surface area (Å²) in [7, 11) is 0. The summed E-state index contributed by atoms with van der Waals surface area (Å²) in [5.74, 6) is 0.0829. The molecule has 6 heteroatoms. The van der Waals surface area contributed by atoms with Gasteiger partial charge in [0.1, 0.15) is 12.4 Å². The number of benzene rings is 3. The van der Waals surface area contributed by atoms with Gasteiger partial charge in [0.2, 0.25) is 0 Å². The van der Waals surface area contributed by atoms with Gasteiger partial charge in [-0.05, 0) is 24.1 Å². The Morgan fingerprint density at radius 1 is 0.906 bits per heavy atom. The minimum atomic E-state index is -0.732. The van der Waals surface area contributed by atoms with Crippen LogP contribution in [-0.4, -0.2) is 18.6 Å². The van der Waals surface area contributed by atoms with Gasteiger partial charge in [0.25, 0.3) is 0 Å². The van der Waals surface area contributed by atoms with E-state index in [1.54, 1.807) is 6.92 Å². The summed E-state index contributed by atoms with van der Waals surface area (Å²) in [6.45, 7) is 2.33. The number of ether oxygens (including phenoxy) is 2. The Bertz CT molecular complexity index is 1130. The minimum absolute atomic E-state index is 0.219. The number of esters is 1. The molecule has 0 saturated carbocycles. The van der Waals surface area contributed by atoms with E-state index in [1.165, 1.54) is 0 Å². The van der Waals surface area contributed by atoms with E-state index in [-0.39, 0.29) is 6.61 Å². The second-order valence-electron chi connectivity index (χ2n) is 7.22. The maximum absolute atomic E-state index is 13.1. The molecule has 1 atom stereocenters. The van der Waals surface area contributed by atoms with E-state index >= 15 is 0 Å². The van der Waals surface area contributed by atoms with E-state index in [0.29, 0.717) is 29.2 Å². The highest BCUT2D eigenvalue weighted by Gasteiger charge is 2.35. The molecule has 0 aromatic heterocycles. The number of carbonyl (C=O) groups is 2. The van der Waals surface area contributed by atoms with Crippen LogP contribution in [0.5, 0.6) is 5.75 Å². The van der Waals surface area contributed by atoms with Crippen LogP contribution >= 0.6 is 0 Å². The molecule has 0 saturated heterocycles. The largest absolute Gasteiger partial charge is 0.489 e. The van der Waals surface area contributed by atoms with Crippen molar-refractivity contribution < 1.29 is 19.1 Å². The number of nitrogens with one attached hydrogen (secondary N) is 2. The van der Waals surface area contributed by atoms with Crippen molar-refractivity contribution in [3.63, 3.8) is 0 Å². The fourth-order valence-electron chi connectivity index (χ4n) is 3.64. The minimum Gasteiger partial charge on any atom is -0.489 e. The standard InChI is InChI=1S/C26H24N2O4/c1-2-31-25(29)22-23(19-13-7-4-8-14-19)27-26(30)28-24(22)20-15-9-10-16-21(20)32-17-18-11-5-3-6-12-18/h3-16,24H,2,17H2,1H3,(H2,27,28,30). The third-order valence-electron chi connectivity index (χ3n) is 5.10. The first-order valence-corrected chi connectivity index (χ1v) is 10.5. The molecule has 6 nitrogen and oxygen atoms in total. The molecule has 1 unspecified atom stereocenters. The van der Waals surface area contributed by atoms with Crippen molar-refractivity contribution in [1.29, 1.82) is 0 Å². The molecule has 162 valence electrons. The molecule has 0 aliphatic carbocycles. The van der Waals surface area contributed by atoms with Gasteiger partial charge < -0.3 is 20.1 Å². The summed E-state index contributed by atoms with van der Waals surface area (Å²) in [4.78, 5) is 25.6. The van der Waals surface area contributed by atoms with Gasteiger partial charge >= 0.3 is 12.0 Å². The average molecular weight is 428 g/mol. The van der Waals surface area contributed by atoms with Gasteiger partial charge in [0.15, 0.2) is 0 Å². The maximum atomic E-state index is 13.1. The lowest BCUT2D eigenvalue weighted by atomic mass is 9.92. The lowest BCUT2D eigenvalue weighted by Crippen LogP contribution is -2.45. The summed E-state index contributed by atoms with van der Waals surface area (Å²) in [5, 5.41) is 5.66. The predicted octanol–water partition coefficient (Wildman–Crippen LogP) is 4.59. The van der Waals surface area contributed by atoms with Crippen LogP contribution in [0.1, 0.15) is 29.7 Å². The summed E-state index contributed by atoms with van der Waals surface area (Å²) >= 11 is 0. The molecule has 1 aliphatic rings. The van der Waals surface area contributed by atoms with Crippen LogP contribution in [0.4, 0.5) is 4.79 Å². The summed E-state index contributed by atoms with van der Waals surface area (Å²) in [6, 6.07) is 25.3. The van der Waals surface area contributed by atoms with E-state index in [9.17, 15) is 9.59 Å². The highest BCUT2D eigenvalue weighted by atomic mass is 16.5. The van der Waals surface area contributed by atoms with Crippen LogP contribution < -0.4 is 15.4 Å². The van der Waals surface area contributed by atoms with Gasteiger partial charge in [-0.25, -0.2) is 9.59 Å². The first-order valence-electron chi connectivity index (χ1n) is 10.5. The number of rotatable bonds is 7. The Balaban J connectivity index is 1.77. The van der Waals surface area contributed by atoms with Crippen LogP contribution in [0.3, 0.4) is 0 Å². The first kappa shape index (κ1) is 21.2. The molecule has 0 radical (unpaired) electrons. The fourth-order valence-corrected chi connectivity index (χ4v) is 3.64. The van der Waals surface area contributed by atoms with Crippen LogP contribution in [0, 0.1) is 0 Å². The zero-order chi connectivity index (χ0) is 22.3. The third kappa shape index (κ3) is 4.64. The second-order valence-corrected chi connectivity index (χ2v) is 7.22. The molecule has 3 aromatic carbocycles. The topological polar surface area (TPSA) is 76.7 Å². The monoisotopic (exact) mass is 428 g/mol. The number of carbonyl (C=O) groups excluding carboxylic acids is 2. The molecule has 0 fully saturated rings. The smallest absolute Gasteiger partial charge is 0.338 e. The first-order chi connectivity index (χ1) is 15.7. The molecule has 2 amide bonds. The Morgan fingerprint density at radius 3 is 2.28 bits per heavy atom.